The number of ether oxygens (including phenoxy) is 1. The monoisotopic (exact) mass is 276 g/mol. The summed E-state index contributed by atoms with van der Waals surface area (Å²) in [5.74, 6) is 0.841. The lowest BCUT2D eigenvalue weighted by Crippen LogP contribution is -2.16. The Morgan fingerprint density at radius 1 is 1.37 bits per heavy atom. The van der Waals surface area contributed by atoms with Crippen molar-refractivity contribution in [1.29, 1.82) is 0 Å². The van der Waals surface area contributed by atoms with Crippen molar-refractivity contribution in [3.8, 4) is 5.75 Å². The quantitative estimate of drug-likeness (QED) is 0.932. The van der Waals surface area contributed by atoms with E-state index in [4.69, 9.17) is 22.1 Å². The van der Waals surface area contributed by atoms with E-state index in [9.17, 15) is 0 Å². The predicted molar refractivity (Wildman–Crippen MR) is 77.6 cm³/mol. The Balaban J connectivity index is 2.26. The molecule has 100 valence electrons. The molecule has 19 heavy (non-hydrogen) atoms. The van der Waals surface area contributed by atoms with Crippen LogP contribution in [-0.4, -0.2) is 12.1 Å². The normalized spacial score (nSPS) is 12.2. The molecule has 0 aliphatic rings. The standard InChI is InChI=1S/C15H17ClN2O/c1-10-5-6-14(19-2)11(8-10)9-13(17)15-12(16)4-3-7-18-15/h3-8,13H,9,17H2,1-2H3. The van der Waals surface area contributed by atoms with Crippen LogP contribution in [-0.2, 0) is 6.42 Å². The lowest BCUT2D eigenvalue weighted by molar-refractivity contribution is 0.408. The summed E-state index contributed by atoms with van der Waals surface area (Å²) in [6.07, 6.45) is 2.34. The largest absolute Gasteiger partial charge is 0.496 e. The number of hydrogen-bond donors (Lipinski definition) is 1. The summed E-state index contributed by atoms with van der Waals surface area (Å²) < 4.78 is 5.36. The summed E-state index contributed by atoms with van der Waals surface area (Å²) in [6, 6.07) is 9.40. The molecule has 1 unspecified atom stereocenters. The first-order chi connectivity index (χ1) is 9.11. The first-order valence-electron chi connectivity index (χ1n) is 6.11. The summed E-state index contributed by atoms with van der Waals surface area (Å²) in [6.45, 7) is 2.04. The average Bonchev–Trinajstić information content (AvgIpc) is 2.39. The van der Waals surface area contributed by atoms with Crippen molar-refractivity contribution in [2.45, 2.75) is 19.4 Å². The van der Waals surface area contributed by atoms with Crippen molar-refractivity contribution < 1.29 is 4.74 Å². The van der Waals surface area contributed by atoms with Gasteiger partial charge in [-0.15, -0.1) is 0 Å². The van der Waals surface area contributed by atoms with Gasteiger partial charge in [0.05, 0.1) is 23.9 Å². The molecular formula is C15H17ClN2O. The summed E-state index contributed by atoms with van der Waals surface area (Å²) in [4.78, 5) is 4.25. The molecule has 1 aromatic heterocycles. The Hall–Kier alpha value is -1.58. The van der Waals surface area contributed by atoms with Crippen LogP contribution < -0.4 is 10.5 Å². The topological polar surface area (TPSA) is 48.1 Å². The molecule has 0 aliphatic heterocycles. The Morgan fingerprint density at radius 2 is 2.16 bits per heavy atom. The molecule has 0 spiro atoms. The molecule has 0 amide bonds. The number of pyridine rings is 1. The SMILES string of the molecule is COc1ccc(C)cc1CC(N)c1ncccc1Cl. The molecular weight excluding hydrogens is 260 g/mol. The third-order valence-electron chi connectivity index (χ3n) is 3.01. The zero-order valence-corrected chi connectivity index (χ0v) is 11.8. The molecule has 1 aromatic carbocycles. The minimum absolute atomic E-state index is 0.246. The highest BCUT2D eigenvalue weighted by molar-refractivity contribution is 6.31. The van der Waals surface area contributed by atoms with Crippen molar-refractivity contribution >= 4 is 11.6 Å². The van der Waals surface area contributed by atoms with Gasteiger partial charge in [-0.3, -0.25) is 4.98 Å². The van der Waals surface area contributed by atoms with Crippen LogP contribution in [0.4, 0.5) is 0 Å². The van der Waals surface area contributed by atoms with Crippen LogP contribution in [0.1, 0.15) is 22.9 Å². The summed E-state index contributed by atoms with van der Waals surface area (Å²) >= 11 is 6.12. The van der Waals surface area contributed by atoms with Gasteiger partial charge in [-0.25, -0.2) is 0 Å². The Morgan fingerprint density at radius 3 is 2.84 bits per heavy atom. The number of hydrogen-bond acceptors (Lipinski definition) is 3. The van der Waals surface area contributed by atoms with Gasteiger partial charge in [0.1, 0.15) is 5.75 Å². The number of halogens is 1. The number of aryl methyl sites for hydroxylation is 1. The number of benzene rings is 1. The third kappa shape index (κ3) is 3.25. The van der Waals surface area contributed by atoms with Crippen molar-refractivity contribution in [2.24, 2.45) is 5.73 Å². The maximum atomic E-state index is 6.20. The second-order valence-electron chi connectivity index (χ2n) is 4.50. The van der Waals surface area contributed by atoms with Crippen molar-refractivity contribution in [2.75, 3.05) is 7.11 Å². The van der Waals surface area contributed by atoms with Gasteiger partial charge in [0.2, 0.25) is 0 Å². The van der Waals surface area contributed by atoms with Crippen molar-refractivity contribution in [1.82, 2.24) is 4.98 Å². The first kappa shape index (κ1) is 13.8. The lowest BCUT2D eigenvalue weighted by atomic mass is 10.0. The highest BCUT2D eigenvalue weighted by Crippen LogP contribution is 2.26. The van der Waals surface area contributed by atoms with Crippen LogP contribution in [0.5, 0.6) is 5.75 Å². The fraction of sp³-hybridized carbons (Fsp3) is 0.267. The minimum Gasteiger partial charge on any atom is -0.496 e. The van der Waals surface area contributed by atoms with Crippen LogP contribution in [0, 0.1) is 6.92 Å². The minimum atomic E-state index is -0.246. The molecule has 0 fully saturated rings. The smallest absolute Gasteiger partial charge is 0.122 e. The molecule has 2 N–H and O–H groups in total. The zero-order chi connectivity index (χ0) is 13.8. The number of nitrogens with zero attached hydrogens (tertiary/aromatic N) is 1. The van der Waals surface area contributed by atoms with Crippen molar-refractivity contribution in [3.63, 3.8) is 0 Å². The van der Waals surface area contributed by atoms with Crippen molar-refractivity contribution in [3.05, 3.63) is 58.4 Å². The Bertz CT molecular complexity index is 572. The third-order valence-corrected chi connectivity index (χ3v) is 3.33. The molecule has 0 saturated heterocycles. The maximum absolute atomic E-state index is 6.20. The highest BCUT2D eigenvalue weighted by atomic mass is 35.5. The number of methoxy groups -OCH3 is 1. The first-order valence-corrected chi connectivity index (χ1v) is 6.49. The fourth-order valence-electron chi connectivity index (χ4n) is 2.07. The predicted octanol–water partition coefficient (Wildman–Crippen LogP) is 3.29. The summed E-state index contributed by atoms with van der Waals surface area (Å²) in [5, 5.41) is 0.599. The van der Waals surface area contributed by atoms with Gasteiger partial charge in [-0.1, -0.05) is 29.3 Å². The highest BCUT2D eigenvalue weighted by Gasteiger charge is 2.14. The van der Waals surface area contributed by atoms with E-state index >= 15 is 0 Å². The number of aromatic nitrogens is 1. The van der Waals surface area contributed by atoms with Gasteiger partial charge in [-0.05, 0) is 37.1 Å². The molecule has 0 bridgehead atoms. The van der Waals surface area contributed by atoms with Gasteiger partial charge in [-0.2, -0.15) is 0 Å². The molecule has 1 heterocycles. The average molecular weight is 277 g/mol. The van der Waals surface area contributed by atoms with E-state index in [1.54, 1.807) is 25.4 Å². The van der Waals surface area contributed by atoms with Crippen LogP contribution in [0.3, 0.4) is 0 Å². The van der Waals surface area contributed by atoms with E-state index in [2.05, 4.69) is 11.1 Å². The number of rotatable bonds is 4. The Kier molecular flexibility index (Phi) is 4.40. The molecule has 1 atom stereocenters. The van der Waals surface area contributed by atoms with Gasteiger partial charge in [0.15, 0.2) is 0 Å². The van der Waals surface area contributed by atoms with Gasteiger partial charge in [0, 0.05) is 6.20 Å². The second-order valence-corrected chi connectivity index (χ2v) is 4.90. The molecule has 3 nitrogen and oxygen atoms in total. The molecule has 2 aromatic rings. The fourth-order valence-corrected chi connectivity index (χ4v) is 2.33. The van der Waals surface area contributed by atoms with Crippen LogP contribution >= 0.6 is 11.6 Å². The van der Waals surface area contributed by atoms with E-state index in [0.29, 0.717) is 17.1 Å². The van der Waals surface area contributed by atoms with E-state index in [1.807, 2.05) is 19.1 Å². The Labute approximate surface area is 118 Å². The van der Waals surface area contributed by atoms with Crippen LogP contribution in [0.15, 0.2) is 36.5 Å². The van der Waals surface area contributed by atoms with Gasteiger partial charge >= 0.3 is 0 Å². The molecule has 0 radical (unpaired) electrons. The zero-order valence-electron chi connectivity index (χ0n) is 11.1. The second kappa shape index (κ2) is 6.04. The summed E-state index contributed by atoms with van der Waals surface area (Å²) in [7, 11) is 1.66. The summed E-state index contributed by atoms with van der Waals surface area (Å²) in [5.41, 5.74) is 9.16. The van der Waals surface area contributed by atoms with Gasteiger partial charge < -0.3 is 10.5 Å². The molecule has 0 aliphatic carbocycles. The molecule has 2 rings (SSSR count). The van der Waals surface area contributed by atoms with E-state index in [-0.39, 0.29) is 6.04 Å². The molecule has 4 heteroatoms. The lowest BCUT2D eigenvalue weighted by Gasteiger charge is -2.15. The van der Waals surface area contributed by atoms with Crippen LogP contribution in [0.25, 0.3) is 0 Å². The van der Waals surface area contributed by atoms with E-state index in [0.717, 1.165) is 11.3 Å². The van der Waals surface area contributed by atoms with Crippen LogP contribution in [0.2, 0.25) is 5.02 Å². The van der Waals surface area contributed by atoms with Gasteiger partial charge in [0.25, 0.3) is 0 Å². The molecule has 0 saturated carbocycles. The van der Waals surface area contributed by atoms with E-state index < -0.39 is 0 Å². The van der Waals surface area contributed by atoms with E-state index in [1.165, 1.54) is 5.56 Å². The number of nitrogens with two attached hydrogens (primary N) is 1. The maximum Gasteiger partial charge on any atom is 0.122 e.